The van der Waals surface area contributed by atoms with E-state index < -0.39 is 16.8 Å². The van der Waals surface area contributed by atoms with Crippen LogP contribution in [0.2, 0.25) is 5.02 Å². The van der Waals surface area contributed by atoms with E-state index in [1.165, 1.54) is 18.2 Å². The maximum absolute atomic E-state index is 11.0. The lowest BCUT2D eigenvalue weighted by Crippen LogP contribution is -2.23. The number of nitrogens with one attached hydrogen (secondary N) is 1. The largest absolute Gasteiger partial charge is 0.481 e. The van der Waals surface area contributed by atoms with Crippen LogP contribution in [0.4, 0.5) is 11.4 Å². The fraction of sp³-hybridized carbons (Fsp3) is 0.417. The van der Waals surface area contributed by atoms with Gasteiger partial charge in [0.25, 0.3) is 5.69 Å². The molecule has 0 fully saturated rings. The molecule has 7 heteroatoms. The Labute approximate surface area is 115 Å². The minimum atomic E-state index is -0.911. The molecule has 1 atom stereocenters. The minimum absolute atomic E-state index is 0.144. The van der Waals surface area contributed by atoms with E-state index in [0.29, 0.717) is 6.42 Å². The fourth-order valence-electron chi connectivity index (χ4n) is 1.70. The van der Waals surface area contributed by atoms with Crippen LogP contribution in [0.5, 0.6) is 0 Å². The third kappa shape index (κ3) is 4.40. The number of nitro benzene ring substituents is 1. The highest BCUT2D eigenvalue weighted by atomic mass is 35.5. The van der Waals surface area contributed by atoms with Gasteiger partial charge in [0.1, 0.15) is 5.69 Å². The van der Waals surface area contributed by atoms with E-state index in [0.717, 1.165) is 6.42 Å². The summed E-state index contributed by atoms with van der Waals surface area (Å²) in [5.74, 6) is -1.48. The summed E-state index contributed by atoms with van der Waals surface area (Å²) in [6.45, 7) is 2.03. The van der Waals surface area contributed by atoms with Crippen molar-refractivity contribution in [2.24, 2.45) is 5.92 Å². The monoisotopic (exact) mass is 286 g/mol. The quantitative estimate of drug-likeness (QED) is 0.593. The van der Waals surface area contributed by atoms with E-state index in [9.17, 15) is 14.9 Å². The Balaban J connectivity index is 2.82. The van der Waals surface area contributed by atoms with Crippen molar-refractivity contribution in [3.63, 3.8) is 0 Å². The van der Waals surface area contributed by atoms with Crippen molar-refractivity contribution in [2.75, 3.05) is 11.9 Å². The lowest BCUT2D eigenvalue weighted by molar-refractivity contribution is -0.383. The summed E-state index contributed by atoms with van der Waals surface area (Å²) < 4.78 is 0. The van der Waals surface area contributed by atoms with Crippen LogP contribution < -0.4 is 5.32 Å². The van der Waals surface area contributed by atoms with Crippen LogP contribution in [-0.4, -0.2) is 22.5 Å². The van der Waals surface area contributed by atoms with Crippen LogP contribution in [-0.2, 0) is 4.79 Å². The van der Waals surface area contributed by atoms with Crippen molar-refractivity contribution >= 4 is 28.9 Å². The molecule has 0 saturated heterocycles. The summed E-state index contributed by atoms with van der Waals surface area (Å²) in [5, 5.41) is 23.0. The Kier molecular flexibility index (Phi) is 5.57. The molecule has 1 rings (SSSR count). The van der Waals surface area contributed by atoms with Gasteiger partial charge in [0, 0.05) is 17.6 Å². The van der Waals surface area contributed by atoms with E-state index in [1.807, 2.05) is 6.92 Å². The maximum Gasteiger partial charge on any atom is 0.308 e. The highest BCUT2D eigenvalue weighted by Crippen LogP contribution is 2.28. The number of carboxylic acids is 1. The van der Waals surface area contributed by atoms with Crippen LogP contribution in [0.3, 0.4) is 0 Å². The molecule has 0 radical (unpaired) electrons. The van der Waals surface area contributed by atoms with Gasteiger partial charge in [0.05, 0.1) is 10.8 Å². The average Bonchev–Trinajstić information content (AvgIpc) is 2.35. The lowest BCUT2D eigenvalue weighted by atomic mass is 10.0. The van der Waals surface area contributed by atoms with E-state index in [1.54, 1.807) is 0 Å². The Morgan fingerprint density at radius 2 is 2.26 bits per heavy atom. The summed E-state index contributed by atoms with van der Waals surface area (Å²) in [7, 11) is 0. The molecule has 1 aromatic rings. The molecule has 0 aliphatic carbocycles. The van der Waals surface area contributed by atoms with Crippen LogP contribution in [0.15, 0.2) is 18.2 Å². The van der Waals surface area contributed by atoms with Gasteiger partial charge in [0.2, 0.25) is 0 Å². The number of nitrogens with zero attached hydrogens (tertiary/aromatic N) is 1. The molecule has 1 aromatic carbocycles. The number of hydrogen-bond donors (Lipinski definition) is 2. The number of nitro groups is 1. The number of benzene rings is 1. The van der Waals surface area contributed by atoms with Gasteiger partial charge in [-0.15, -0.1) is 0 Å². The molecule has 19 heavy (non-hydrogen) atoms. The minimum Gasteiger partial charge on any atom is -0.481 e. The molecule has 104 valence electrons. The highest BCUT2D eigenvalue weighted by Gasteiger charge is 2.19. The molecule has 0 amide bonds. The number of hydrogen-bond acceptors (Lipinski definition) is 4. The first-order valence-electron chi connectivity index (χ1n) is 5.86. The zero-order valence-corrected chi connectivity index (χ0v) is 11.2. The van der Waals surface area contributed by atoms with Crippen molar-refractivity contribution < 1.29 is 14.8 Å². The standard InChI is InChI=1S/C12H15ClN2O4/c1-2-3-8(12(16)17)7-14-10-5-4-9(13)6-11(10)15(18)19/h4-6,8,14H,2-3,7H2,1H3,(H,16,17). The first-order chi connectivity index (χ1) is 8.95. The Hall–Kier alpha value is -1.82. The molecule has 0 heterocycles. The fourth-order valence-corrected chi connectivity index (χ4v) is 1.87. The molecule has 0 aliphatic rings. The van der Waals surface area contributed by atoms with Crippen LogP contribution in [0, 0.1) is 16.0 Å². The predicted octanol–water partition coefficient (Wildman–Crippen LogP) is 3.16. The Morgan fingerprint density at radius 3 is 2.79 bits per heavy atom. The molecular weight excluding hydrogens is 272 g/mol. The molecule has 1 unspecified atom stereocenters. The van der Waals surface area contributed by atoms with Gasteiger partial charge >= 0.3 is 5.97 Å². The third-order valence-electron chi connectivity index (χ3n) is 2.68. The van der Waals surface area contributed by atoms with Crippen molar-refractivity contribution in [1.82, 2.24) is 0 Å². The van der Waals surface area contributed by atoms with Crippen molar-refractivity contribution in [1.29, 1.82) is 0 Å². The van der Waals surface area contributed by atoms with Crippen molar-refractivity contribution in [2.45, 2.75) is 19.8 Å². The summed E-state index contributed by atoms with van der Waals surface area (Å²) in [6, 6.07) is 4.23. The predicted molar refractivity (Wildman–Crippen MR) is 72.6 cm³/mol. The van der Waals surface area contributed by atoms with Crippen LogP contribution in [0.1, 0.15) is 19.8 Å². The van der Waals surface area contributed by atoms with E-state index in [4.69, 9.17) is 16.7 Å². The highest BCUT2D eigenvalue weighted by molar-refractivity contribution is 6.30. The smallest absolute Gasteiger partial charge is 0.308 e. The number of rotatable bonds is 7. The van der Waals surface area contributed by atoms with E-state index in [-0.39, 0.29) is 22.9 Å². The van der Waals surface area contributed by atoms with E-state index >= 15 is 0 Å². The number of aliphatic carboxylic acids is 1. The molecule has 0 aromatic heterocycles. The first kappa shape index (κ1) is 15.2. The maximum atomic E-state index is 11.0. The molecule has 2 N–H and O–H groups in total. The number of carbonyl (C=O) groups is 1. The topological polar surface area (TPSA) is 92.5 Å². The number of halogens is 1. The zero-order chi connectivity index (χ0) is 14.4. The molecule has 6 nitrogen and oxygen atoms in total. The second-order valence-electron chi connectivity index (χ2n) is 4.12. The summed E-state index contributed by atoms with van der Waals surface area (Å²) in [6.07, 6.45) is 1.26. The van der Waals surface area contributed by atoms with Gasteiger partial charge in [-0.05, 0) is 18.6 Å². The second kappa shape index (κ2) is 6.94. The normalized spacial score (nSPS) is 11.9. The Bertz CT molecular complexity index is 479. The van der Waals surface area contributed by atoms with Crippen LogP contribution in [0.25, 0.3) is 0 Å². The van der Waals surface area contributed by atoms with Gasteiger partial charge in [-0.1, -0.05) is 24.9 Å². The SMILES string of the molecule is CCCC(CNc1ccc(Cl)cc1[N+](=O)[O-])C(=O)O. The van der Waals surface area contributed by atoms with Crippen LogP contribution >= 0.6 is 11.6 Å². The molecule has 0 bridgehead atoms. The number of carboxylic acid groups (broad SMARTS) is 1. The van der Waals surface area contributed by atoms with Gasteiger partial charge in [-0.3, -0.25) is 14.9 Å². The zero-order valence-electron chi connectivity index (χ0n) is 10.4. The number of anilines is 1. The van der Waals surface area contributed by atoms with Gasteiger partial charge in [-0.25, -0.2) is 0 Å². The first-order valence-corrected chi connectivity index (χ1v) is 6.24. The summed E-state index contributed by atoms with van der Waals surface area (Å²) in [5.41, 5.74) is 0.116. The molecule has 0 saturated carbocycles. The second-order valence-corrected chi connectivity index (χ2v) is 4.56. The van der Waals surface area contributed by atoms with E-state index in [2.05, 4.69) is 5.32 Å². The average molecular weight is 287 g/mol. The third-order valence-corrected chi connectivity index (χ3v) is 2.92. The molecule has 0 aliphatic heterocycles. The van der Waals surface area contributed by atoms with Gasteiger partial charge in [0.15, 0.2) is 0 Å². The summed E-state index contributed by atoms with van der Waals surface area (Å²) in [4.78, 5) is 21.3. The lowest BCUT2D eigenvalue weighted by Gasteiger charge is -2.13. The Morgan fingerprint density at radius 1 is 1.58 bits per heavy atom. The van der Waals surface area contributed by atoms with Gasteiger partial charge in [-0.2, -0.15) is 0 Å². The molecule has 0 spiro atoms. The van der Waals surface area contributed by atoms with Gasteiger partial charge < -0.3 is 10.4 Å². The molecular formula is C12H15ClN2O4. The summed E-state index contributed by atoms with van der Waals surface area (Å²) >= 11 is 5.70. The van der Waals surface area contributed by atoms with Crippen molar-refractivity contribution in [3.05, 3.63) is 33.3 Å². The van der Waals surface area contributed by atoms with Crippen molar-refractivity contribution in [3.8, 4) is 0 Å².